The number of nitrogens with zero attached hydrogens (tertiary/aromatic N) is 3. The Balaban J connectivity index is 1.97. The predicted molar refractivity (Wildman–Crippen MR) is 89.8 cm³/mol. The second-order valence-electron chi connectivity index (χ2n) is 5.91. The van der Waals surface area contributed by atoms with Gasteiger partial charge in [0.2, 0.25) is 0 Å². The third-order valence-electron chi connectivity index (χ3n) is 4.34. The summed E-state index contributed by atoms with van der Waals surface area (Å²) in [7, 11) is 0. The number of hydrogen-bond donors (Lipinski definition) is 2. The van der Waals surface area contributed by atoms with E-state index in [-0.39, 0.29) is 23.3 Å². The van der Waals surface area contributed by atoms with E-state index in [1.165, 1.54) is 10.7 Å². The molecule has 1 aromatic heterocycles. The van der Waals surface area contributed by atoms with Crippen molar-refractivity contribution in [1.29, 1.82) is 0 Å². The lowest BCUT2D eigenvalue weighted by atomic mass is 10.0. The van der Waals surface area contributed by atoms with Crippen LogP contribution in [0, 0.1) is 0 Å². The number of hydrogen-bond acceptors (Lipinski definition) is 4. The van der Waals surface area contributed by atoms with Crippen molar-refractivity contribution in [3.8, 4) is 5.69 Å². The number of carbonyl (C=O) groups is 2. The van der Waals surface area contributed by atoms with E-state index >= 15 is 0 Å². The van der Waals surface area contributed by atoms with Crippen LogP contribution in [-0.4, -0.2) is 45.6 Å². The number of rotatable bonds is 4. The predicted octanol–water partition coefficient (Wildman–Crippen LogP) is 0.925. The first-order valence-electron chi connectivity index (χ1n) is 8.08. The van der Waals surface area contributed by atoms with Gasteiger partial charge in [0.25, 0.3) is 11.8 Å². The monoisotopic (exact) mass is 327 g/mol. The summed E-state index contributed by atoms with van der Waals surface area (Å²) in [5.74, 6) is -0.832. The molecule has 1 unspecified atom stereocenters. The average Bonchev–Trinajstić information content (AvgIpc) is 3.07. The second kappa shape index (κ2) is 6.84. The average molecular weight is 327 g/mol. The lowest BCUT2D eigenvalue weighted by Gasteiger charge is -2.34. The van der Waals surface area contributed by atoms with Crippen LogP contribution in [0.4, 0.5) is 0 Å². The fourth-order valence-corrected chi connectivity index (χ4v) is 3.09. The van der Waals surface area contributed by atoms with Gasteiger partial charge in [0.05, 0.1) is 5.69 Å². The fraction of sp³-hybridized carbons (Fsp3) is 0.353. The van der Waals surface area contributed by atoms with E-state index in [0.29, 0.717) is 18.8 Å². The number of para-hydroxylation sites is 1. The van der Waals surface area contributed by atoms with Gasteiger partial charge in [0.15, 0.2) is 5.69 Å². The van der Waals surface area contributed by atoms with Crippen molar-refractivity contribution >= 4 is 11.8 Å². The molecule has 0 aliphatic carbocycles. The van der Waals surface area contributed by atoms with Crippen molar-refractivity contribution in [2.45, 2.75) is 25.3 Å². The summed E-state index contributed by atoms with van der Waals surface area (Å²) in [6.07, 6.45) is 2.91. The van der Waals surface area contributed by atoms with Gasteiger partial charge in [-0.3, -0.25) is 9.59 Å². The van der Waals surface area contributed by atoms with E-state index in [2.05, 4.69) is 5.10 Å². The van der Waals surface area contributed by atoms with Gasteiger partial charge in [-0.1, -0.05) is 18.2 Å². The quantitative estimate of drug-likeness (QED) is 0.870. The summed E-state index contributed by atoms with van der Waals surface area (Å²) in [5.41, 5.74) is 12.3. The zero-order valence-electron chi connectivity index (χ0n) is 13.4. The number of carbonyl (C=O) groups excluding carboxylic acids is 2. The molecular weight excluding hydrogens is 306 g/mol. The van der Waals surface area contributed by atoms with Gasteiger partial charge in [-0.25, -0.2) is 4.68 Å². The zero-order chi connectivity index (χ0) is 17.1. The molecule has 2 amide bonds. The van der Waals surface area contributed by atoms with Crippen LogP contribution in [0.15, 0.2) is 36.4 Å². The third kappa shape index (κ3) is 3.03. The van der Waals surface area contributed by atoms with E-state index in [4.69, 9.17) is 11.5 Å². The molecule has 1 saturated heterocycles. The Labute approximate surface area is 140 Å². The lowest BCUT2D eigenvalue weighted by Crippen LogP contribution is -2.47. The highest BCUT2D eigenvalue weighted by atomic mass is 16.2. The first-order valence-corrected chi connectivity index (χ1v) is 8.08. The van der Waals surface area contributed by atoms with E-state index in [0.717, 1.165) is 19.3 Å². The Morgan fingerprint density at radius 2 is 1.96 bits per heavy atom. The molecule has 1 aromatic carbocycles. The van der Waals surface area contributed by atoms with Gasteiger partial charge in [-0.2, -0.15) is 5.10 Å². The number of likely N-dealkylation sites (tertiary alicyclic amines) is 1. The van der Waals surface area contributed by atoms with Gasteiger partial charge in [0, 0.05) is 25.2 Å². The van der Waals surface area contributed by atoms with Crippen LogP contribution >= 0.6 is 0 Å². The summed E-state index contributed by atoms with van der Waals surface area (Å²) in [4.78, 5) is 26.3. The Hall–Kier alpha value is -2.67. The highest BCUT2D eigenvalue weighted by Gasteiger charge is 2.29. The summed E-state index contributed by atoms with van der Waals surface area (Å²) in [6.45, 7) is 1.08. The number of amides is 2. The van der Waals surface area contributed by atoms with Crippen LogP contribution in [0.25, 0.3) is 5.69 Å². The minimum atomic E-state index is -0.626. The molecule has 1 aliphatic heterocycles. The molecule has 1 atom stereocenters. The number of primary amides is 1. The minimum absolute atomic E-state index is 0.0187. The number of piperidine rings is 1. The molecule has 7 nitrogen and oxygen atoms in total. The Morgan fingerprint density at radius 3 is 2.62 bits per heavy atom. The molecule has 1 aliphatic rings. The highest BCUT2D eigenvalue weighted by Crippen LogP contribution is 2.20. The molecule has 24 heavy (non-hydrogen) atoms. The Bertz CT molecular complexity index is 741. The topological polar surface area (TPSA) is 107 Å². The molecule has 126 valence electrons. The van der Waals surface area contributed by atoms with Crippen molar-refractivity contribution < 1.29 is 9.59 Å². The summed E-state index contributed by atoms with van der Waals surface area (Å²) in [6, 6.07) is 10.6. The van der Waals surface area contributed by atoms with Gasteiger partial charge in [-0.05, 0) is 31.4 Å². The van der Waals surface area contributed by atoms with Crippen LogP contribution in [0.2, 0.25) is 0 Å². The van der Waals surface area contributed by atoms with E-state index in [1.807, 2.05) is 18.2 Å². The van der Waals surface area contributed by atoms with Crippen molar-refractivity contribution in [2.75, 3.05) is 13.1 Å². The van der Waals surface area contributed by atoms with Crippen molar-refractivity contribution in [3.05, 3.63) is 47.8 Å². The molecule has 2 heterocycles. The number of aromatic nitrogens is 2. The molecule has 0 spiro atoms. The number of benzene rings is 1. The summed E-state index contributed by atoms with van der Waals surface area (Å²) < 4.78 is 1.41. The van der Waals surface area contributed by atoms with Crippen LogP contribution < -0.4 is 11.5 Å². The van der Waals surface area contributed by atoms with Crippen LogP contribution in [0.3, 0.4) is 0 Å². The Morgan fingerprint density at radius 1 is 1.21 bits per heavy atom. The third-order valence-corrected chi connectivity index (χ3v) is 4.34. The standard InChI is InChI=1S/C17H21N5O2/c18-11-13-8-4-5-9-21(13)17(24)14-10-15(16(19)23)22(20-14)12-6-2-1-3-7-12/h1-3,6-7,10,13H,4-5,8-9,11,18H2,(H2,19,23). The van der Waals surface area contributed by atoms with Gasteiger partial charge in [0.1, 0.15) is 5.69 Å². The van der Waals surface area contributed by atoms with Gasteiger partial charge >= 0.3 is 0 Å². The normalized spacial score (nSPS) is 17.7. The van der Waals surface area contributed by atoms with Gasteiger partial charge in [-0.15, -0.1) is 0 Å². The van der Waals surface area contributed by atoms with Crippen LogP contribution in [-0.2, 0) is 0 Å². The maximum absolute atomic E-state index is 12.8. The van der Waals surface area contributed by atoms with E-state index in [9.17, 15) is 9.59 Å². The molecular formula is C17H21N5O2. The van der Waals surface area contributed by atoms with E-state index < -0.39 is 5.91 Å². The first kappa shape index (κ1) is 16.2. The second-order valence-corrected chi connectivity index (χ2v) is 5.91. The highest BCUT2D eigenvalue weighted by molar-refractivity contribution is 5.97. The molecule has 0 radical (unpaired) electrons. The van der Waals surface area contributed by atoms with Crippen molar-refractivity contribution in [3.63, 3.8) is 0 Å². The zero-order valence-corrected chi connectivity index (χ0v) is 13.4. The largest absolute Gasteiger partial charge is 0.364 e. The van der Waals surface area contributed by atoms with Crippen LogP contribution in [0.5, 0.6) is 0 Å². The Kier molecular flexibility index (Phi) is 4.61. The van der Waals surface area contributed by atoms with Crippen molar-refractivity contribution in [1.82, 2.24) is 14.7 Å². The maximum Gasteiger partial charge on any atom is 0.274 e. The molecule has 4 N–H and O–H groups in total. The minimum Gasteiger partial charge on any atom is -0.364 e. The first-order chi connectivity index (χ1) is 11.6. The summed E-state index contributed by atoms with van der Waals surface area (Å²) in [5, 5.41) is 4.33. The van der Waals surface area contributed by atoms with Crippen LogP contribution in [0.1, 0.15) is 40.2 Å². The number of nitrogens with two attached hydrogens (primary N) is 2. The fourth-order valence-electron chi connectivity index (χ4n) is 3.09. The smallest absolute Gasteiger partial charge is 0.274 e. The SMILES string of the molecule is NCC1CCCCN1C(=O)c1cc(C(N)=O)n(-c2ccccc2)n1. The van der Waals surface area contributed by atoms with Gasteiger partial charge < -0.3 is 16.4 Å². The maximum atomic E-state index is 12.8. The lowest BCUT2D eigenvalue weighted by molar-refractivity contribution is 0.0616. The molecule has 0 bridgehead atoms. The molecule has 7 heteroatoms. The summed E-state index contributed by atoms with van der Waals surface area (Å²) >= 11 is 0. The molecule has 2 aromatic rings. The molecule has 1 fully saturated rings. The van der Waals surface area contributed by atoms with E-state index in [1.54, 1.807) is 17.0 Å². The molecule has 0 saturated carbocycles. The van der Waals surface area contributed by atoms with Crippen molar-refractivity contribution in [2.24, 2.45) is 11.5 Å². The molecule has 3 rings (SSSR count).